The number of benzene rings is 1. The maximum absolute atomic E-state index is 12.7. The van der Waals surface area contributed by atoms with Crippen LogP contribution in [0.4, 0.5) is 10.1 Å². The molecule has 1 aromatic carbocycles. The van der Waals surface area contributed by atoms with Crippen LogP contribution in [0.3, 0.4) is 0 Å². The molecule has 3 heteroatoms. The van der Waals surface area contributed by atoms with Crippen molar-refractivity contribution in [1.29, 1.82) is 0 Å². The Morgan fingerprint density at radius 1 is 1.45 bits per heavy atom. The van der Waals surface area contributed by atoms with Gasteiger partial charge in [0, 0.05) is 0 Å². The topological polar surface area (TPSA) is 38.0 Å². The lowest BCUT2D eigenvalue weighted by Crippen LogP contribution is -2.07. The molecule has 0 spiro atoms. The van der Waals surface area contributed by atoms with Crippen molar-refractivity contribution in [2.45, 2.75) is 13.3 Å². The van der Waals surface area contributed by atoms with Crippen molar-refractivity contribution in [2.24, 2.45) is 5.84 Å². The Morgan fingerprint density at radius 3 is 2.73 bits per heavy atom. The van der Waals surface area contributed by atoms with Gasteiger partial charge >= 0.3 is 0 Å². The van der Waals surface area contributed by atoms with Crippen LogP contribution in [0.15, 0.2) is 18.2 Å². The summed E-state index contributed by atoms with van der Waals surface area (Å²) in [5.41, 5.74) is 3.96. The second-order valence-electron chi connectivity index (χ2n) is 2.35. The van der Waals surface area contributed by atoms with E-state index in [0.29, 0.717) is 5.69 Å². The summed E-state index contributed by atoms with van der Waals surface area (Å²) in [7, 11) is 0. The molecular formula is C8H11FN2. The highest BCUT2D eigenvalue weighted by molar-refractivity contribution is 5.45. The molecule has 2 nitrogen and oxygen atoms in total. The number of aryl methyl sites for hydroxylation is 1. The summed E-state index contributed by atoms with van der Waals surface area (Å²) in [6, 6.07) is 4.68. The Kier molecular flexibility index (Phi) is 2.44. The third-order valence-electron chi connectivity index (χ3n) is 1.53. The molecule has 0 amide bonds. The van der Waals surface area contributed by atoms with E-state index in [2.05, 4.69) is 5.43 Å². The fourth-order valence-corrected chi connectivity index (χ4v) is 0.938. The number of hydrazine groups is 1. The number of nitrogens with one attached hydrogen (secondary N) is 1. The van der Waals surface area contributed by atoms with Gasteiger partial charge in [-0.25, -0.2) is 4.39 Å². The van der Waals surface area contributed by atoms with Gasteiger partial charge in [0.2, 0.25) is 0 Å². The molecule has 0 atom stereocenters. The molecule has 0 aliphatic carbocycles. The molecule has 1 aromatic rings. The van der Waals surface area contributed by atoms with Crippen LogP contribution in [0.1, 0.15) is 12.5 Å². The summed E-state index contributed by atoms with van der Waals surface area (Å²) in [6.45, 7) is 1.97. The Hall–Kier alpha value is -1.09. The maximum Gasteiger partial charge on any atom is 0.125 e. The van der Waals surface area contributed by atoms with Crippen LogP contribution in [0.25, 0.3) is 0 Å². The van der Waals surface area contributed by atoms with Crippen molar-refractivity contribution in [3.05, 3.63) is 29.6 Å². The van der Waals surface area contributed by atoms with Crippen LogP contribution in [0.2, 0.25) is 0 Å². The molecule has 0 aliphatic rings. The van der Waals surface area contributed by atoms with Crippen LogP contribution in [0.5, 0.6) is 0 Å². The highest BCUT2D eigenvalue weighted by Gasteiger charge is 1.96. The van der Waals surface area contributed by atoms with Gasteiger partial charge in [0.1, 0.15) is 5.82 Å². The van der Waals surface area contributed by atoms with Gasteiger partial charge in [0.05, 0.1) is 5.69 Å². The van der Waals surface area contributed by atoms with Gasteiger partial charge in [-0.15, -0.1) is 0 Å². The van der Waals surface area contributed by atoms with E-state index in [1.807, 2.05) is 13.0 Å². The summed E-state index contributed by atoms with van der Waals surface area (Å²) in [4.78, 5) is 0. The Morgan fingerprint density at radius 2 is 2.18 bits per heavy atom. The zero-order valence-electron chi connectivity index (χ0n) is 6.39. The SMILES string of the molecule is CCc1cc(F)cc(NN)c1. The van der Waals surface area contributed by atoms with Gasteiger partial charge in [0.15, 0.2) is 0 Å². The quantitative estimate of drug-likeness (QED) is 0.502. The Bertz CT molecular complexity index is 226. The van der Waals surface area contributed by atoms with Crippen LogP contribution < -0.4 is 11.3 Å². The fourth-order valence-electron chi connectivity index (χ4n) is 0.938. The first-order valence-corrected chi connectivity index (χ1v) is 3.52. The minimum atomic E-state index is -0.252. The molecule has 0 heterocycles. The van der Waals surface area contributed by atoms with Gasteiger partial charge in [-0.2, -0.15) is 0 Å². The van der Waals surface area contributed by atoms with Crippen LogP contribution in [-0.4, -0.2) is 0 Å². The molecule has 0 aromatic heterocycles. The average molecular weight is 154 g/mol. The molecule has 1 rings (SSSR count). The maximum atomic E-state index is 12.7. The van der Waals surface area contributed by atoms with Crippen LogP contribution in [-0.2, 0) is 6.42 Å². The van der Waals surface area contributed by atoms with Crippen molar-refractivity contribution in [3.63, 3.8) is 0 Å². The van der Waals surface area contributed by atoms with E-state index >= 15 is 0 Å². The van der Waals surface area contributed by atoms with Gasteiger partial charge < -0.3 is 5.43 Å². The number of halogens is 1. The van der Waals surface area contributed by atoms with Crippen molar-refractivity contribution < 1.29 is 4.39 Å². The lowest BCUT2D eigenvalue weighted by Gasteiger charge is -2.02. The highest BCUT2D eigenvalue weighted by atomic mass is 19.1. The first kappa shape index (κ1) is 8.01. The third-order valence-corrected chi connectivity index (χ3v) is 1.53. The van der Waals surface area contributed by atoms with Crippen molar-refractivity contribution >= 4 is 5.69 Å². The standard InChI is InChI=1S/C8H11FN2/c1-2-6-3-7(9)5-8(4-6)11-10/h3-5,11H,2,10H2,1H3. The first-order valence-electron chi connectivity index (χ1n) is 3.52. The number of nitrogens with two attached hydrogens (primary N) is 1. The molecule has 11 heavy (non-hydrogen) atoms. The largest absolute Gasteiger partial charge is 0.324 e. The number of nitrogen functional groups attached to an aromatic ring is 1. The van der Waals surface area contributed by atoms with E-state index < -0.39 is 0 Å². The second kappa shape index (κ2) is 3.34. The number of anilines is 1. The van der Waals surface area contributed by atoms with E-state index in [1.54, 1.807) is 0 Å². The number of hydrogen-bond donors (Lipinski definition) is 2. The van der Waals surface area contributed by atoms with Gasteiger partial charge in [-0.3, -0.25) is 5.84 Å². The minimum absolute atomic E-state index is 0.252. The lowest BCUT2D eigenvalue weighted by molar-refractivity contribution is 0.626. The third kappa shape index (κ3) is 1.91. The molecule has 0 fully saturated rings. The normalized spacial score (nSPS) is 9.73. The number of rotatable bonds is 2. The van der Waals surface area contributed by atoms with E-state index in [-0.39, 0.29) is 5.82 Å². The smallest absolute Gasteiger partial charge is 0.125 e. The Balaban J connectivity index is 3.02. The van der Waals surface area contributed by atoms with Crippen LogP contribution in [0, 0.1) is 5.82 Å². The lowest BCUT2D eigenvalue weighted by atomic mass is 10.1. The van der Waals surface area contributed by atoms with Crippen molar-refractivity contribution in [3.8, 4) is 0 Å². The zero-order valence-corrected chi connectivity index (χ0v) is 6.39. The van der Waals surface area contributed by atoms with E-state index in [4.69, 9.17) is 5.84 Å². The van der Waals surface area contributed by atoms with E-state index in [1.165, 1.54) is 12.1 Å². The molecule has 0 bridgehead atoms. The highest BCUT2D eigenvalue weighted by Crippen LogP contribution is 2.12. The monoisotopic (exact) mass is 154 g/mol. The van der Waals surface area contributed by atoms with Crippen LogP contribution >= 0.6 is 0 Å². The summed E-state index contributed by atoms with van der Waals surface area (Å²) >= 11 is 0. The summed E-state index contributed by atoms with van der Waals surface area (Å²) < 4.78 is 12.7. The predicted octanol–water partition coefficient (Wildman–Crippen LogP) is 1.67. The zero-order chi connectivity index (χ0) is 8.27. The molecule has 0 aliphatic heterocycles. The van der Waals surface area contributed by atoms with E-state index in [9.17, 15) is 4.39 Å². The summed E-state index contributed by atoms with van der Waals surface area (Å²) in [5.74, 6) is 4.87. The first-order chi connectivity index (χ1) is 5.26. The minimum Gasteiger partial charge on any atom is -0.324 e. The van der Waals surface area contributed by atoms with Gasteiger partial charge in [0.25, 0.3) is 0 Å². The summed E-state index contributed by atoms with van der Waals surface area (Å²) in [6.07, 6.45) is 0.812. The predicted molar refractivity (Wildman–Crippen MR) is 43.6 cm³/mol. The molecular weight excluding hydrogens is 143 g/mol. The van der Waals surface area contributed by atoms with E-state index in [0.717, 1.165) is 12.0 Å². The van der Waals surface area contributed by atoms with Gasteiger partial charge in [-0.05, 0) is 30.2 Å². The molecule has 0 unspecified atom stereocenters. The fraction of sp³-hybridized carbons (Fsp3) is 0.250. The number of hydrogen-bond acceptors (Lipinski definition) is 2. The molecule has 60 valence electrons. The molecule has 0 saturated carbocycles. The van der Waals surface area contributed by atoms with Crippen molar-refractivity contribution in [1.82, 2.24) is 0 Å². The Labute approximate surface area is 65.2 Å². The summed E-state index contributed by atoms with van der Waals surface area (Å²) in [5, 5.41) is 0. The average Bonchev–Trinajstić information content (AvgIpc) is 2.03. The molecule has 0 radical (unpaired) electrons. The second-order valence-corrected chi connectivity index (χ2v) is 2.35. The van der Waals surface area contributed by atoms with Gasteiger partial charge in [-0.1, -0.05) is 6.92 Å². The molecule has 0 saturated heterocycles. The molecule has 3 N–H and O–H groups in total. The van der Waals surface area contributed by atoms with Crippen molar-refractivity contribution in [2.75, 3.05) is 5.43 Å².